The molecular weight excluding hydrogens is 435 g/mol. The molecule has 0 aliphatic heterocycles. The zero-order valence-electron chi connectivity index (χ0n) is 18.6. The molecule has 3 aromatic rings. The Balaban J connectivity index is 1.67. The summed E-state index contributed by atoms with van der Waals surface area (Å²) in [5, 5.41) is 7.08. The fourth-order valence-electron chi connectivity index (χ4n) is 4.42. The Morgan fingerprint density at radius 3 is 2.36 bits per heavy atom. The maximum atomic E-state index is 13.7. The molecular formula is C27H29FN2O2S. The number of nitrogens with one attached hydrogen (secondary N) is 1. The number of thiophene rings is 1. The van der Waals surface area contributed by atoms with Crippen LogP contribution in [0.2, 0.25) is 0 Å². The summed E-state index contributed by atoms with van der Waals surface area (Å²) in [5.41, 5.74) is 2.47. The molecule has 0 unspecified atom stereocenters. The fraction of sp³-hybridized carbons (Fsp3) is 0.333. The Morgan fingerprint density at radius 1 is 0.970 bits per heavy atom. The number of carbonyl (C=O) groups is 2. The summed E-state index contributed by atoms with van der Waals surface area (Å²) in [6.07, 6.45) is 5.48. The number of rotatable bonds is 8. The van der Waals surface area contributed by atoms with Crippen LogP contribution < -0.4 is 5.32 Å². The summed E-state index contributed by atoms with van der Waals surface area (Å²) < 4.78 is 13.7. The maximum Gasteiger partial charge on any atom is 0.247 e. The number of hydrogen-bond acceptors (Lipinski definition) is 3. The summed E-state index contributed by atoms with van der Waals surface area (Å²) >= 11 is 1.54. The average molecular weight is 465 g/mol. The van der Waals surface area contributed by atoms with Crippen molar-refractivity contribution < 1.29 is 14.0 Å². The van der Waals surface area contributed by atoms with E-state index < -0.39 is 6.04 Å². The van der Waals surface area contributed by atoms with Crippen molar-refractivity contribution in [2.45, 2.75) is 57.2 Å². The molecule has 1 atom stereocenters. The first-order valence-electron chi connectivity index (χ1n) is 11.5. The van der Waals surface area contributed by atoms with Crippen LogP contribution in [0.15, 0.2) is 71.4 Å². The molecule has 0 saturated heterocycles. The first kappa shape index (κ1) is 23.2. The van der Waals surface area contributed by atoms with Crippen molar-refractivity contribution in [3.05, 3.63) is 93.9 Å². The van der Waals surface area contributed by atoms with E-state index >= 15 is 0 Å². The van der Waals surface area contributed by atoms with Crippen LogP contribution in [0.25, 0.3) is 0 Å². The van der Waals surface area contributed by atoms with Crippen molar-refractivity contribution in [3.8, 4) is 0 Å². The zero-order valence-corrected chi connectivity index (χ0v) is 19.4. The van der Waals surface area contributed by atoms with Gasteiger partial charge in [-0.2, -0.15) is 11.3 Å². The summed E-state index contributed by atoms with van der Waals surface area (Å²) in [6, 6.07) is 16.8. The lowest BCUT2D eigenvalue weighted by Crippen LogP contribution is -2.47. The van der Waals surface area contributed by atoms with Gasteiger partial charge in [0.15, 0.2) is 0 Å². The van der Waals surface area contributed by atoms with Crippen molar-refractivity contribution in [2.75, 3.05) is 0 Å². The normalized spacial score (nSPS) is 15.1. The van der Waals surface area contributed by atoms with Gasteiger partial charge in [-0.25, -0.2) is 4.39 Å². The predicted molar refractivity (Wildman–Crippen MR) is 129 cm³/mol. The highest BCUT2D eigenvalue weighted by molar-refractivity contribution is 7.08. The minimum atomic E-state index is -0.834. The van der Waals surface area contributed by atoms with Crippen LogP contribution >= 0.6 is 11.3 Å². The highest BCUT2D eigenvalue weighted by Gasteiger charge is 2.33. The molecule has 2 amide bonds. The molecule has 1 aliphatic rings. The monoisotopic (exact) mass is 464 g/mol. The number of amides is 2. The van der Waals surface area contributed by atoms with Gasteiger partial charge in [0.1, 0.15) is 11.9 Å². The van der Waals surface area contributed by atoms with Crippen LogP contribution in [0.5, 0.6) is 0 Å². The highest BCUT2D eigenvalue weighted by atomic mass is 32.1. The quantitative estimate of drug-likeness (QED) is 0.468. The van der Waals surface area contributed by atoms with Gasteiger partial charge in [0.05, 0.1) is 6.42 Å². The first-order chi connectivity index (χ1) is 16.1. The van der Waals surface area contributed by atoms with E-state index in [0.717, 1.165) is 36.8 Å². The van der Waals surface area contributed by atoms with Gasteiger partial charge in [-0.15, -0.1) is 0 Å². The molecule has 4 rings (SSSR count). The largest absolute Gasteiger partial charge is 0.351 e. The zero-order chi connectivity index (χ0) is 23.0. The molecule has 2 aromatic carbocycles. The first-order valence-corrected chi connectivity index (χ1v) is 12.4. The van der Waals surface area contributed by atoms with Crippen molar-refractivity contribution >= 4 is 23.2 Å². The fourth-order valence-corrected chi connectivity index (χ4v) is 5.09. The van der Waals surface area contributed by atoms with Crippen molar-refractivity contribution in [3.63, 3.8) is 0 Å². The van der Waals surface area contributed by atoms with Gasteiger partial charge in [0.25, 0.3) is 0 Å². The maximum absolute atomic E-state index is 13.7. The third kappa shape index (κ3) is 6.29. The van der Waals surface area contributed by atoms with Crippen LogP contribution in [0.4, 0.5) is 4.39 Å². The Labute approximate surface area is 198 Å². The third-order valence-corrected chi connectivity index (χ3v) is 6.88. The number of nitrogens with zero attached hydrogens (tertiary/aromatic N) is 1. The molecule has 6 heteroatoms. The van der Waals surface area contributed by atoms with E-state index in [1.165, 1.54) is 18.6 Å². The highest BCUT2D eigenvalue weighted by Crippen LogP contribution is 2.27. The molecule has 1 heterocycles. The summed E-state index contributed by atoms with van der Waals surface area (Å²) in [4.78, 5) is 28.8. The lowest BCUT2D eigenvalue weighted by molar-refractivity contribution is -0.141. The summed E-state index contributed by atoms with van der Waals surface area (Å²) in [7, 11) is 0. The molecule has 1 aromatic heterocycles. The Morgan fingerprint density at radius 2 is 1.70 bits per heavy atom. The number of carbonyl (C=O) groups excluding carboxylic acids is 2. The molecule has 0 radical (unpaired) electrons. The molecule has 1 fully saturated rings. The van der Waals surface area contributed by atoms with Gasteiger partial charge in [-0.05, 0) is 58.5 Å². The van der Waals surface area contributed by atoms with Gasteiger partial charge in [0.2, 0.25) is 11.8 Å². The number of halogens is 1. The van der Waals surface area contributed by atoms with E-state index in [1.807, 2.05) is 47.2 Å². The minimum absolute atomic E-state index is 0.111. The van der Waals surface area contributed by atoms with E-state index in [2.05, 4.69) is 5.32 Å². The second kappa shape index (κ2) is 11.2. The smallest absolute Gasteiger partial charge is 0.247 e. The Hall–Kier alpha value is -2.99. The van der Waals surface area contributed by atoms with Crippen LogP contribution in [0.1, 0.15) is 54.8 Å². The minimum Gasteiger partial charge on any atom is -0.351 e. The van der Waals surface area contributed by atoms with Crippen LogP contribution in [0, 0.1) is 5.82 Å². The average Bonchev–Trinajstić information content (AvgIpc) is 3.34. The van der Waals surface area contributed by atoms with Crippen LogP contribution in [-0.2, 0) is 22.6 Å². The standard InChI is InChI=1S/C27H29FN2O2S/c28-23-13-11-22(12-14-23)26(27(32)29-24-9-5-2-6-10-24)30(18-20-7-3-1-4-8-20)25(31)17-21-15-16-33-19-21/h1,3-4,7-8,11-16,19,24,26H,2,5-6,9-10,17-18H2,(H,29,32)/t26-/m1/s1. The second-order valence-electron chi connectivity index (χ2n) is 8.61. The van der Waals surface area contributed by atoms with Crippen molar-refractivity contribution in [1.82, 2.24) is 10.2 Å². The molecule has 1 N–H and O–H groups in total. The molecule has 4 nitrogen and oxygen atoms in total. The topological polar surface area (TPSA) is 49.4 Å². The summed E-state index contributed by atoms with van der Waals surface area (Å²) in [6.45, 7) is 0.296. The molecule has 1 aliphatic carbocycles. The van der Waals surface area contributed by atoms with E-state index in [9.17, 15) is 14.0 Å². The van der Waals surface area contributed by atoms with E-state index in [1.54, 1.807) is 28.4 Å². The molecule has 172 valence electrons. The van der Waals surface area contributed by atoms with E-state index in [0.29, 0.717) is 12.1 Å². The van der Waals surface area contributed by atoms with Gasteiger partial charge in [-0.3, -0.25) is 9.59 Å². The van der Waals surface area contributed by atoms with Gasteiger partial charge in [-0.1, -0.05) is 61.7 Å². The Kier molecular flexibility index (Phi) is 7.89. The van der Waals surface area contributed by atoms with E-state index in [-0.39, 0.29) is 30.1 Å². The number of hydrogen-bond donors (Lipinski definition) is 1. The second-order valence-corrected chi connectivity index (χ2v) is 9.39. The molecule has 0 spiro atoms. The molecule has 0 bridgehead atoms. The SMILES string of the molecule is O=C(NC1CCCCC1)[C@@H](c1ccc(F)cc1)N(Cc1ccccc1)C(=O)Cc1ccsc1. The van der Waals surface area contributed by atoms with Crippen LogP contribution in [-0.4, -0.2) is 22.8 Å². The predicted octanol–water partition coefficient (Wildman–Crippen LogP) is 5.65. The lowest BCUT2D eigenvalue weighted by Gasteiger charge is -2.33. The Bertz CT molecular complexity index is 1030. The van der Waals surface area contributed by atoms with Crippen molar-refractivity contribution in [1.29, 1.82) is 0 Å². The lowest BCUT2D eigenvalue weighted by atomic mass is 9.94. The van der Waals surface area contributed by atoms with Crippen LogP contribution in [0.3, 0.4) is 0 Å². The number of benzene rings is 2. The summed E-state index contributed by atoms with van der Waals surface area (Å²) in [5.74, 6) is -0.710. The third-order valence-electron chi connectivity index (χ3n) is 6.15. The van der Waals surface area contributed by atoms with E-state index in [4.69, 9.17) is 0 Å². The van der Waals surface area contributed by atoms with Gasteiger partial charge < -0.3 is 10.2 Å². The van der Waals surface area contributed by atoms with Gasteiger partial charge >= 0.3 is 0 Å². The molecule has 33 heavy (non-hydrogen) atoms. The molecule has 1 saturated carbocycles. The van der Waals surface area contributed by atoms with Crippen molar-refractivity contribution in [2.24, 2.45) is 0 Å². The van der Waals surface area contributed by atoms with Gasteiger partial charge in [0, 0.05) is 12.6 Å².